The van der Waals surface area contributed by atoms with E-state index in [1.807, 2.05) is 30.3 Å². The van der Waals surface area contributed by atoms with Crippen LogP contribution in [0.25, 0.3) is 0 Å². The molecule has 0 saturated heterocycles. The Kier molecular flexibility index (Phi) is 3.85. The van der Waals surface area contributed by atoms with Gasteiger partial charge in [0.05, 0.1) is 5.71 Å². The van der Waals surface area contributed by atoms with Crippen molar-refractivity contribution in [3.8, 4) is 0 Å². The molecule has 1 aromatic rings. The fourth-order valence-corrected chi connectivity index (χ4v) is 0.921. The van der Waals surface area contributed by atoms with Gasteiger partial charge in [0.1, 0.15) is 0 Å². The molecule has 15 heavy (non-hydrogen) atoms. The van der Waals surface area contributed by atoms with Crippen LogP contribution in [-0.2, 0) is 4.84 Å². The summed E-state index contributed by atoms with van der Waals surface area (Å²) in [5.74, 6) is 0. The standard InChI is InChI=1S/C11H14N2O2/c1-9(10-7-5-4-6-8-10)12-15-11(14)13(2)3/h4-8H,1-3H3/b12-9+. The number of nitrogens with zero attached hydrogens (tertiary/aromatic N) is 2. The third-order valence-electron chi connectivity index (χ3n) is 1.82. The zero-order valence-electron chi connectivity index (χ0n) is 9.10. The molecule has 0 unspecified atom stereocenters. The number of amides is 1. The molecule has 0 heterocycles. The van der Waals surface area contributed by atoms with Crippen LogP contribution in [0.4, 0.5) is 4.79 Å². The van der Waals surface area contributed by atoms with Crippen LogP contribution >= 0.6 is 0 Å². The van der Waals surface area contributed by atoms with Gasteiger partial charge < -0.3 is 4.90 Å². The molecule has 0 bridgehead atoms. The molecule has 0 radical (unpaired) electrons. The summed E-state index contributed by atoms with van der Waals surface area (Å²) in [6, 6.07) is 9.54. The van der Waals surface area contributed by atoms with Gasteiger partial charge in [-0.2, -0.15) is 0 Å². The maximum absolute atomic E-state index is 11.1. The highest BCUT2D eigenvalue weighted by Gasteiger charge is 2.04. The van der Waals surface area contributed by atoms with E-state index in [9.17, 15) is 4.79 Å². The number of carbonyl (C=O) groups excluding carboxylic acids is 1. The van der Waals surface area contributed by atoms with Crippen LogP contribution < -0.4 is 0 Å². The molecule has 0 N–H and O–H groups in total. The highest BCUT2D eigenvalue weighted by Crippen LogP contribution is 2.01. The van der Waals surface area contributed by atoms with Gasteiger partial charge in [0.15, 0.2) is 0 Å². The van der Waals surface area contributed by atoms with E-state index in [0.717, 1.165) is 5.56 Å². The average Bonchev–Trinajstić information content (AvgIpc) is 2.26. The van der Waals surface area contributed by atoms with Gasteiger partial charge in [-0.1, -0.05) is 35.5 Å². The molecule has 80 valence electrons. The number of benzene rings is 1. The van der Waals surface area contributed by atoms with Gasteiger partial charge in [0.2, 0.25) is 0 Å². The highest BCUT2D eigenvalue weighted by atomic mass is 16.7. The van der Waals surface area contributed by atoms with Crippen LogP contribution in [0.5, 0.6) is 0 Å². The fraction of sp³-hybridized carbons (Fsp3) is 0.273. The minimum absolute atomic E-state index is 0.481. The number of rotatable bonds is 2. The van der Waals surface area contributed by atoms with E-state index in [2.05, 4.69) is 5.16 Å². The lowest BCUT2D eigenvalue weighted by molar-refractivity contribution is 0.122. The summed E-state index contributed by atoms with van der Waals surface area (Å²) >= 11 is 0. The fourth-order valence-electron chi connectivity index (χ4n) is 0.921. The largest absolute Gasteiger partial charge is 0.435 e. The van der Waals surface area contributed by atoms with Gasteiger partial charge in [-0.05, 0) is 12.5 Å². The van der Waals surface area contributed by atoms with Crippen molar-refractivity contribution in [2.45, 2.75) is 6.92 Å². The first-order valence-electron chi connectivity index (χ1n) is 4.59. The van der Waals surface area contributed by atoms with Crippen molar-refractivity contribution in [2.24, 2.45) is 5.16 Å². The Morgan fingerprint density at radius 1 is 1.27 bits per heavy atom. The lowest BCUT2D eigenvalue weighted by Crippen LogP contribution is -2.21. The summed E-state index contributed by atoms with van der Waals surface area (Å²) in [7, 11) is 3.21. The highest BCUT2D eigenvalue weighted by molar-refractivity contribution is 5.98. The van der Waals surface area contributed by atoms with Crippen LogP contribution in [0, 0.1) is 0 Å². The zero-order valence-corrected chi connectivity index (χ0v) is 9.10. The second-order valence-electron chi connectivity index (χ2n) is 3.29. The third kappa shape index (κ3) is 3.42. The topological polar surface area (TPSA) is 41.9 Å². The summed E-state index contributed by atoms with van der Waals surface area (Å²) in [5.41, 5.74) is 1.61. The first-order chi connectivity index (χ1) is 7.11. The van der Waals surface area contributed by atoms with Gasteiger partial charge in [0, 0.05) is 14.1 Å². The summed E-state index contributed by atoms with van der Waals surface area (Å²) in [5, 5.41) is 3.74. The van der Waals surface area contributed by atoms with Crippen molar-refractivity contribution in [3.63, 3.8) is 0 Å². The minimum Gasteiger partial charge on any atom is -0.312 e. The Hall–Kier alpha value is -1.84. The molecule has 0 fully saturated rings. The average molecular weight is 206 g/mol. The van der Waals surface area contributed by atoms with E-state index < -0.39 is 6.09 Å². The maximum Gasteiger partial charge on any atom is 0.435 e. The SMILES string of the molecule is C/C(=N\OC(=O)N(C)C)c1ccccc1. The minimum atomic E-state index is -0.481. The quantitative estimate of drug-likeness (QED) is 0.422. The smallest absolute Gasteiger partial charge is 0.312 e. The van der Waals surface area contributed by atoms with Crippen molar-refractivity contribution in [2.75, 3.05) is 14.1 Å². The molecule has 0 aromatic heterocycles. The van der Waals surface area contributed by atoms with Gasteiger partial charge >= 0.3 is 6.09 Å². The van der Waals surface area contributed by atoms with E-state index in [1.54, 1.807) is 21.0 Å². The van der Waals surface area contributed by atoms with E-state index >= 15 is 0 Å². The van der Waals surface area contributed by atoms with Gasteiger partial charge in [0.25, 0.3) is 0 Å². The molecular weight excluding hydrogens is 192 g/mol. The molecule has 1 rings (SSSR count). The molecule has 0 atom stereocenters. The second kappa shape index (κ2) is 5.14. The Balaban J connectivity index is 2.65. The van der Waals surface area contributed by atoms with Crippen molar-refractivity contribution in [1.82, 2.24) is 4.90 Å². The van der Waals surface area contributed by atoms with E-state index in [-0.39, 0.29) is 0 Å². The molecule has 0 aliphatic carbocycles. The molecule has 0 saturated carbocycles. The summed E-state index contributed by atoms with van der Waals surface area (Å²) in [6.07, 6.45) is -0.481. The monoisotopic (exact) mass is 206 g/mol. The van der Waals surface area contributed by atoms with Crippen molar-refractivity contribution >= 4 is 11.8 Å². The molecule has 4 heteroatoms. The molecular formula is C11H14N2O2. The maximum atomic E-state index is 11.1. The number of carbonyl (C=O) groups is 1. The van der Waals surface area contributed by atoms with Crippen LogP contribution in [0.2, 0.25) is 0 Å². The van der Waals surface area contributed by atoms with E-state index in [4.69, 9.17) is 4.84 Å². The van der Waals surface area contributed by atoms with E-state index in [0.29, 0.717) is 5.71 Å². The van der Waals surface area contributed by atoms with E-state index in [1.165, 1.54) is 4.90 Å². The number of oxime groups is 1. The Labute approximate surface area is 89.1 Å². The normalized spacial score (nSPS) is 11.0. The number of hydrogen-bond acceptors (Lipinski definition) is 3. The van der Waals surface area contributed by atoms with Crippen molar-refractivity contribution in [3.05, 3.63) is 35.9 Å². The molecule has 0 aliphatic heterocycles. The first kappa shape index (κ1) is 11.2. The molecule has 0 aliphatic rings. The van der Waals surface area contributed by atoms with Crippen molar-refractivity contribution < 1.29 is 9.63 Å². The summed E-state index contributed by atoms with van der Waals surface area (Å²) in [6.45, 7) is 1.79. The lowest BCUT2D eigenvalue weighted by atomic mass is 10.1. The van der Waals surface area contributed by atoms with Gasteiger partial charge in [-0.15, -0.1) is 0 Å². The van der Waals surface area contributed by atoms with Crippen molar-refractivity contribution in [1.29, 1.82) is 0 Å². The zero-order chi connectivity index (χ0) is 11.3. The van der Waals surface area contributed by atoms with Crippen LogP contribution in [0.3, 0.4) is 0 Å². The Bertz CT molecular complexity index is 358. The lowest BCUT2D eigenvalue weighted by Gasteiger charge is -2.06. The molecule has 0 spiro atoms. The predicted molar refractivity (Wildman–Crippen MR) is 58.8 cm³/mol. The number of hydrogen-bond donors (Lipinski definition) is 0. The summed E-state index contributed by atoms with van der Waals surface area (Å²) < 4.78 is 0. The van der Waals surface area contributed by atoms with Gasteiger partial charge in [-0.3, -0.25) is 4.84 Å². The molecule has 4 nitrogen and oxygen atoms in total. The predicted octanol–water partition coefficient (Wildman–Crippen LogP) is 2.11. The second-order valence-corrected chi connectivity index (χ2v) is 3.29. The van der Waals surface area contributed by atoms with Crippen LogP contribution in [0.15, 0.2) is 35.5 Å². The molecule has 1 aromatic carbocycles. The Morgan fingerprint density at radius 3 is 2.40 bits per heavy atom. The summed E-state index contributed by atoms with van der Waals surface area (Å²) in [4.78, 5) is 17.1. The first-order valence-corrected chi connectivity index (χ1v) is 4.59. The van der Waals surface area contributed by atoms with Gasteiger partial charge in [-0.25, -0.2) is 4.79 Å². The third-order valence-corrected chi connectivity index (χ3v) is 1.82. The molecule has 1 amide bonds. The Morgan fingerprint density at radius 2 is 1.87 bits per heavy atom. The van der Waals surface area contributed by atoms with Crippen LogP contribution in [0.1, 0.15) is 12.5 Å². The van der Waals surface area contributed by atoms with Crippen LogP contribution in [-0.4, -0.2) is 30.8 Å².